The van der Waals surface area contributed by atoms with Gasteiger partial charge in [-0.3, -0.25) is 9.59 Å². The largest absolute Gasteiger partial charge is 0.381 e. The van der Waals surface area contributed by atoms with E-state index >= 15 is 0 Å². The fourth-order valence-corrected chi connectivity index (χ4v) is 1.04. The van der Waals surface area contributed by atoms with E-state index in [0.717, 1.165) is 0 Å². The Morgan fingerprint density at radius 1 is 1.40 bits per heavy atom. The summed E-state index contributed by atoms with van der Waals surface area (Å²) in [6, 6.07) is -0.620. The Morgan fingerprint density at radius 2 is 1.93 bits per heavy atom. The number of carbonyl (C=O) groups is 2. The van der Waals surface area contributed by atoms with Gasteiger partial charge in [0.1, 0.15) is 6.10 Å². The number of aliphatic hydroxyl groups excluding tert-OH is 1. The van der Waals surface area contributed by atoms with Crippen molar-refractivity contribution in [3.63, 3.8) is 0 Å². The number of nitrogens with one attached hydrogen (secondary N) is 1. The number of hydrogen-bond acceptors (Lipinski definition) is 4. The standard InChI is InChI=1S/C9H19N3O3/c1-5(2)3-6(10)9(15)12-4-7(13)8(11)14/h5-7,13H,3-4,10H2,1-2H3,(H2,11,14)(H,12,15). The van der Waals surface area contributed by atoms with E-state index in [1.165, 1.54) is 0 Å². The number of amides is 2. The number of rotatable bonds is 6. The molecule has 6 heteroatoms. The summed E-state index contributed by atoms with van der Waals surface area (Å²) in [4.78, 5) is 21.8. The zero-order chi connectivity index (χ0) is 12.0. The van der Waals surface area contributed by atoms with Crippen LogP contribution >= 0.6 is 0 Å². The lowest BCUT2D eigenvalue weighted by molar-refractivity contribution is -0.127. The third-order valence-electron chi connectivity index (χ3n) is 1.86. The molecule has 0 bridgehead atoms. The molecule has 0 aliphatic heterocycles. The average molecular weight is 217 g/mol. The van der Waals surface area contributed by atoms with Gasteiger partial charge in [-0.05, 0) is 12.3 Å². The molecule has 0 spiro atoms. The van der Waals surface area contributed by atoms with Gasteiger partial charge in [0, 0.05) is 0 Å². The zero-order valence-corrected chi connectivity index (χ0v) is 9.06. The highest BCUT2D eigenvalue weighted by molar-refractivity contribution is 5.83. The Hall–Kier alpha value is -1.14. The summed E-state index contributed by atoms with van der Waals surface area (Å²) in [7, 11) is 0. The first-order valence-corrected chi connectivity index (χ1v) is 4.85. The molecule has 0 aliphatic rings. The van der Waals surface area contributed by atoms with Crippen LogP contribution < -0.4 is 16.8 Å². The molecule has 0 aromatic carbocycles. The van der Waals surface area contributed by atoms with Gasteiger partial charge in [-0.1, -0.05) is 13.8 Å². The summed E-state index contributed by atoms with van der Waals surface area (Å²) in [6.07, 6.45) is -0.807. The fraction of sp³-hybridized carbons (Fsp3) is 0.778. The van der Waals surface area contributed by atoms with Crippen LogP contribution in [0, 0.1) is 5.92 Å². The minimum absolute atomic E-state index is 0.194. The van der Waals surface area contributed by atoms with E-state index in [9.17, 15) is 9.59 Å². The Morgan fingerprint density at radius 3 is 2.33 bits per heavy atom. The Labute approximate surface area is 89.0 Å². The summed E-state index contributed by atoms with van der Waals surface area (Å²) in [5.74, 6) is -0.941. The predicted octanol–water partition coefficient (Wildman–Crippen LogP) is -1.68. The molecule has 0 heterocycles. The molecule has 0 aliphatic carbocycles. The molecule has 2 atom stereocenters. The van der Waals surface area contributed by atoms with Crippen LogP contribution in [-0.4, -0.2) is 35.6 Å². The summed E-state index contributed by atoms with van der Waals surface area (Å²) in [6.45, 7) is 3.71. The molecular formula is C9H19N3O3. The smallest absolute Gasteiger partial charge is 0.248 e. The summed E-state index contributed by atoms with van der Waals surface area (Å²) in [5.41, 5.74) is 10.4. The van der Waals surface area contributed by atoms with Gasteiger partial charge in [0.2, 0.25) is 11.8 Å². The van der Waals surface area contributed by atoms with Crippen LogP contribution in [0.2, 0.25) is 0 Å². The molecular weight excluding hydrogens is 198 g/mol. The zero-order valence-electron chi connectivity index (χ0n) is 9.06. The van der Waals surface area contributed by atoms with Crippen LogP contribution in [0.5, 0.6) is 0 Å². The molecule has 0 fully saturated rings. The van der Waals surface area contributed by atoms with E-state index in [2.05, 4.69) is 5.32 Å². The second-order valence-corrected chi connectivity index (χ2v) is 3.90. The number of carbonyl (C=O) groups excluding carboxylic acids is 2. The minimum Gasteiger partial charge on any atom is -0.381 e. The molecule has 0 aromatic rings. The van der Waals surface area contributed by atoms with Crippen LogP contribution in [0.15, 0.2) is 0 Å². The number of primary amides is 1. The van der Waals surface area contributed by atoms with Crippen molar-refractivity contribution < 1.29 is 14.7 Å². The van der Waals surface area contributed by atoms with Crippen LogP contribution in [0.4, 0.5) is 0 Å². The van der Waals surface area contributed by atoms with Gasteiger partial charge >= 0.3 is 0 Å². The van der Waals surface area contributed by atoms with Crippen molar-refractivity contribution in [2.24, 2.45) is 17.4 Å². The molecule has 2 unspecified atom stereocenters. The fourth-order valence-electron chi connectivity index (χ4n) is 1.04. The lowest BCUT2D eigenvalue weighted by atomic mass is 10.0. The van der Waals surface area contributed by atoms with Crippen molar-refractivity contribution in [2.75, 3.05) is 6.54 Å². The van der Waals surface area contributed by atoms with Gasteiger partial charge in [-0.15, -0.1) is 0 Å². The summed E-state index contributed by atoms with van der Waals surface area (Å²) < 4.78 is 0. The summed E-state index contributed by atoms with van der Waals surface area (Å²) in [5, 5.41) is 11.4. The van der Waals surface area contributed by atoms with E-state index in [-0.39, 0.29) is 12.5 Å². The molecule has 0 saturated carbocycles. The van der Waals surface area contributed by atoms with Crippen LogP contribution in [-0.2, 0) is 9.59 Å². The van der Waals surface area contributed by atoms with Crippen molar-refractivity contribution in [3.05, 3.63) is 0 Å². The van der Waals surface area contributed by atoms with E-state index in [4.69, 9.17) is 16.6 Å². The predicted molar refractivity (Wildman–Crippen MR) is 55.6 cm³/mol. The van der Waals surface area contributed by atoms with E-state index in [0.29, 0.717) is 12.3 Å². The maximum absolute atomic E-state index is 11.3. The number of aliphatic hydroxyl groups is 1. The molecule has 0 radical (unpaired) electrons. The highest BCUT2D eigenvalue weighted by Crippen LogP contribution is 2.02. The van der Waals surface area contributed by atoms with E-state index in [1.807, 2.05) is 13.8 Å². The van der Waals surface area contributed by atoms with E-state index < -0.39 is 18.1 Å². The molecule has 6 N–H and O–H groups in total. The van der Waals surface area contributed by atoms with Gasteiger partial charge < -0.3 is 21.9 Å². The molecule has 88 valence electrons. The first-order chi connectivity index (χ1) is 6.84. The highest BCUT2D eigenvalue weighted by Gasteiger charge is 2.17. The molecule has 0 aromatic heterocycles. The van der Waals surface area contributed by atoms with Gasteiger partial charge in [0.05, 0.1) is 12.6 Å². The van der Waals surface area contributed by atoms with Gasteiger partial charge in [0.25, 0.3) is 0 Å². The monoisotopic (exact) mass is 217 g/mol. The first kappa shape index (κ1) is 13.9. The van der Waals surface area contributed by atoms with Crippen LogP contribution in [0.3, 0.4) is 0 Å². The van der Waals surface area contributed by atoms with Crippen molar-refractivity contribution in [3.8, 4) is 0 Å². The molecule has 0 rings (SSSR count). The maximum Gasteiger partial charge on any atom is 0.248 e. The van der Waals surface area contributed by atoms with Gasteiger partial charge in [-0.25, -0.2) is 0 Å². The van der Waals surface area contributed by atoms with Crippen LogP contribution in [0.25, 0.3) is 0 Å². The maximum atomic E-state index is 11.3. The third-order valence-corrected chi connectivity index (χ3v) is 1.86. The lowest BCUT2D eigenvalue weighted by Gasteiger charge is -2.15. The second kappa shape index (κ2) is 6.36. The molecule has 15 heavy (non-hydrogen) atoms. The van der Waals surface area contributed by atoms with Gasteiger partial charge in [0.15, 0.2) is 0 Å². The van der Waals surface area contributed by atoms with Crippen molar-refractivity contribution in [1.29, 1.82) is 0 Å². The third kappa shape index (κ3) is 6.03. The topological polar surface area (TPSA) is 118 Å². The second-order valence-electron chi connectivity index (χ2n) is 3.90. The number of hydrogen-bond donors (Lipinski definition) is 4. The van der Waals surface area contributed by atoms with Crippen LogP contribution in [0.1, 0.15) is 20.3 Å². The SMILES string of the molecule is CC(C)CC(N)C(=O)NCC(O)C(N)=O. The van der Waals surface area contributed by atoms with E-state index in [1.54, 1.807) is 0 Å². The quantitative estimate of drug-likeness (QED) is 0.425. The normalized spacial score (nSPS) is 14.7. The molecule has 0 saturated heterocycles. The average Bonchev–Trinajstić information content (AvgIpc) is 2.12. The Kier molecular flexibility index (Phi) is 5.88. The van der Waals surface area contributed by atoms with Crippen molar-refractivity contribution >= 4 is 11.8 Å². The Balaban J connectivity index is 3.88. The van der Waals surface area contributed by atoms with Gasteiger partial charge in [-0.2, -0.15) is 0 Å². The Bertz CT molecular complexity index is 231. The molecule has 2 amide bonds. The summed E-state index contributed by atoms with van der Waals surface area (Å²) >= 11 is 0. The highest BCUT2D eigenvalue weighted by atomic mass is 16.3. The van der Waals surface area contributed by atoms with Crippen molar-refractivity contribution in [1.82, 2.24) is 5.32 Å². The number of nitrogens with two attached hydrogens (primary N) is 2. The van der Waals surface area contributed by atoms with Crippen molar-refractivity contribution in [2.45, 2.75) is 32.4 Å². The minimum atomic E-state index is -1.36. The first-order valence-electron chi connectivity index (χ1n) is 4.85. The molecule has 6 nitrogen and oxygen atoms in total. The lowest BCUT2D eigenvalue weighted by Crippen LogP contribution is -2.46.